The number of terminal acetylenes is 2. The molecule has 0 bridgehead atoms. The molecule has 0 spiro atoms. The number of halogens is 5. The lowest BCUT2D eigenvalue weighted by Crippen LogP contribution is -2.24. The molecule has 0 unspecified atom stereocenters. The van der Waals surface area contributed by atoms with E-state index in [4.69, 9.17) is 43.4 Å². The summed E-state index contributed by atoms with van der Waals surface area (Å²) in [5.41, 5.74) is 9.16. The zero-order valence-corrected chi connectivity index (χ0v) is 67.4. The number of hydrogen-bond donors (Lipinski definition) is 2. The first-order chi connectivity index (χ1) is 51.8. The zero-order chi connectivity index (χ0) is 79.8. The second-order valence-corrected chi connectivity index (χ2v) is 38.7. The average molecular weight is 1740 g/mol. The van der Waals surface area contributed by atoms with E-state index in [1.165, 1.54) is 90.6 Å². The van der Waals surface area contributed by atoms with Gasteiger partial charge in [-0.1, -0.05) is 141 Å². The molecule has 12 rings (SSSR count). The van der Waals surface area contributed by atoms with Crippen molar-refractivity contribution in [2.24, 2.45) is 0 Å². The van der Waals surface area contributed by atoms with Crippen LogP contribution in [0.1, 0.15) is 63.1 Å². The van der Waals surface area contributed by atoms with E-state index in [1.807, 2.05) is 72.8 Å². The molecule has 6 aromatic carbocycles. The van der Waals surface area contributed by atoms with Gasteiger partial charge < -0.3 is 29.0 Å². The number of fused-ring (bicyclic) bond motifs is 1. The number of aromatic hydroxyl groups is 1. The molecule has 0 atom stereocenters. The molecule has 0 fully saturated rings. The molecule has 594 valence electrons. The van der Waals surface area contributed by atoms with Gasteiger partial charge in [0, 0.05) is 47.5 Å². The first-order valence-electron chi connectivity index (χ1n) is 32.6. The fourth-order valence-corrected chi connectivity index (χ4v) is 12.2. The monoisotopic (exact) mass is 1740 g/mol. The number of nitrogens with zero attached hydrogens (tertiary/aromatic N) is 10. The maximum atomic E-state index is 14.1. The van der Waals surface area contributed by atoms with Crippen molar-refractivity contribution in [3.05, 3.63) is 307 Å². The molecule has 12 aromatic rings. The molecule has 23 nitrogen and oxygen atoms in total. The normalized spacial score (nSPS) is 10.3. The van der Waals surface area contributed by atoms with Crippen LogP contribution in [0.4, 0.5) is 8.78 Å². The van der Waals surface area contributed by atoms with Gasteiger partial charge in [-0.25, -0.2) is 46.1 Å². The summed E-state index contributed by atoms with van der Waals surface area (Å²) in [4.78, 5) is 81.2. The lowest BCUT2D eigenvalue weighted by Gasteiger charge is -2.14. The fraction of sp³-hybridized carbons (Fsp3) is 0.220. The highest BCUT2D eigenvalue weighted by Crippen LogP contribution is 2.36. The summed E-state index contributed by atoms with van der Waals surface area (Å²) in [6.07, 6.45) is 24.6. The van der Waals surface area contributed by atoms with Gasteiger partial charge in [0.15, 0.2) is 11.6 Å². The Balaban J connectivity index is 0.000000380. The SMILES string of the molecule is C.C.C.C.C#C[Si](C)(C)C.C#Cc1cncn(Cc2ccc(OC)cc2)c1=O.COc1ccc(Cn2cncc(-c3cc4cc(Cl)ccc4n3S(=O)(=O)c3cc(F)cc(F)c3O)c2=O)cc1.COc1ccc(Cn2cncc(Br)c2=O)cc1.COc1ccc(Cn2cncc(C#C[Si](C)(C)C)c2=O)cc1.O=c1[nH]cncc1Br. The van der Waals surface area contributed by atoms with Crippen molar-refractivity contribution < 1.29 is 41.3 Å². The Labute approximate surface area is 680 Å². The number of methoxy groups -OCH3 is 4. The number of rotatable bonds is 15. The Kier molecular flexibility index (Phi) is 37.6. The van der Waals surface area contributed by atoms with Crippen molar-refractivity contribution in [1.29, 1.82) is 0 Å². The molecule has 0 aliphatic rings. The van der Waals surface area contributed by atoms with E-state index >= 15 is 0 Å². The number of aromatic nitrogens is 11. The Hall–Kier alpha value is -11.6. The van der Waals surface area contributed by atoms with Gasteiger partial charge in [-0.3, -0.25) is 42.2 Å². The van der Waals surface area contributed by atoms with Crippen molar-refractivity contribution in [1.82, 2.24) is 52.1 Å². The van der Waals surface area contributed by atoms with Crippen LogP contribution in [0.2, 0.25) is 44.3 Å². The number of hydrogen-bond acceptors (Lipinski definition) is 17. The molecule has 0 radical (unpaired) electrons. The molecule has 0 aliphatic carbocycles. The van der Waals surface area contributed by atoms with Crippen LogP contribution in [-0.2, 0) is 36.2 Å². The van der Waals surface area contributed by atoms with Crippen LogP contribution in [0.25, 0.3) is 22.2 Å². The number of ether oxygens (including phenoxy) is 4. The van der Waals surface area contributed by atoms with Gasteiger partial charge in [0.25, 0.3) is 37.8 Å². The molecular weight excluding hydrogens is 1650 g/mol. The maximum absolute atomic E-state index is 14.1. The van der Waals surface area contributed by atoms with Crippen LogP contribution < -0.4 is 46.7 Å². The molecule has 0 aliphatic heterocycles. The van der Waals surface area contributed by atoms with E-state index in [2.05, 4.69) is 124 Å². The average Bonchev–Trinajstić information content (AvgIpc) is 1.62. The van der Waals surface area contributed by atoms with Gasteiger partial charge in [0.2, 0.25) is 0 Å². The van der Waals surface area contributed by atoms with Crippen LogP contribution in [0.15, 0.2) is 234 Å². The van der Waals surface area contributed by atoms with Crippen LogP contribution in [0, 0.1) is 47.4 Å². The molecule has 6 heterocycles. The minimum atomic E-state index is -4.83. The smallest absolute Gasteiger partial charge is 0.272 e. The Morgan fingerprint density at radius 3 is 1.32 bits per heavy atom. The lowest BCUT2D eigenvalue weighted by atomic mass is 10.2. The van der Waals surface area contributed by atoms with Crippen molar-refractivity contribution in [3.8, 4) is 75.8 Å². The summed E-state index contributed by atoms with van der Waals surface area (Å²) in [7, 11) is -1.06. The Bertz CT molecular complexity index is 5760. The van der Waals surface area contributed by atoms with E-state index < -0.39 is 54.0 Å². The topological polar surface area (TPSA) is 282 Å². The second kappa shape index (κ2) is 44.5. The highest BCUT2D eigenvalue weighted by molar-refractivity contribution is 9.10. The molecule has 2 N–H and O–H groups in total. The van der Waals surface area contributed by atoms with E-state index in [9.17, 15) is 46.3 Å². The van der Waals surface area contributed by atoms with Crippen LogP contribution in [0.3, 0.4) is 0 Å². The number of phenols is 1. The zero-order valence-electron chi connectivity index (χ0n) is 60.7. The van der Waals surface area contributed by atoms with Gasteiger partial charge in [-0.05, 0) is 133 Å². The molecule has 0 saturated carbocycles. The fourth-order valence-electron chi connectivity index (χ4n) is 9.32. The minimum absolute atomic E-state index is 0. The van der Waals surface area contributed by atoms with E-state index in [1.54, 1.807) is 67.3 Å². The number of aromatic amines is 1. The Morgan fingerprint density at radius 2 is 0.920 bits per heavy atom. The molecule has 0 amide bonds. The number of benzene rings is 6. The Morgan fingerprint density at radius 1 is 0.522 bits per heavy atom. The van der Waals surface area contributed by atoms with Crippen molar-refractivity contribution in [2.75, 3.05) is 28.4 Å². The highest BCUT2D eigenvalue weighted by Gasteiger charge is 2.30. The number of H-pyrrole nitrogens is 1. The van der Waals surface area contributed by atoms with E-state index in [0.717, 1.165) is 43.5 Å². The van der Waals surface area contributed by atoms with Crippen LogP contribution in [-0.4, -0.2) is 110 Å². The van der Waals surface area contributed by atoms with Gasteiger partial charge in [-0.2, -0.15) is 0 Å². The first-order valence-corrected chi connectivity index (χ1v) is 43.0. The third-order valence-electron chi connectivity index (χ3n) is 15.0. The summed E-state index contributed by atoms with van der Waals surface area (Å²) >= 11 is 12.3. The van der Waals surface area contributed by atoms with Gasteiger partial charge in [-0.15, -0.1) is 23.9 Å². The number of phenolic OH excluding ortho intramolecular Hbond substituents is 1. The van der Waals surface area contributed by atoms with Crippen molar-refractivity contribution in [2.45, 2.75) is 100 Å². The van der Waals surface area contributed by atoms with Crippen molar-refractivity contribution in [3.63, 3.8) is 0 Å². The minimum Gasteiger partial charge on any atom is -0.504 e. The van der Waals surface area contributed by atoms with Crippen LogP contribution in [0.5, 0.6) is 28.7 Å². The first kappa shape index (κ1) is 95.6. The summed E-state index contributed by atoms with van der Waals surface area (Å²) < 4.78 is 83.7. The summed E-state index contributed by atoms with van der Waals surface area (Å²) in [6, 6.07) is 36.3. The quantitative estimate of drug-likeness (QED) is 0.0712. The third kappa shape index (κ3) is 27.7. The molecular formula is C82H90Br2ClF2N11O12SSi2. The van der Waals surface area contributed by atoms with Gasteiger partial charge in [0.1, 0.15) is 69.9 Å². The number of nitrogens with one attached hydrogen (secondary N) is 1. The maximum Gasteiger partial charge on any atom is 0.272 e. The van der Waals surface area contributed by atoms with E-state index in [0.29, 0.717) is 62.4 Å². The van der Waals surface area contributed by atoms with Crippen molar-refractivity contribution >= 4 is 80.5 Å². The molecule has 31 heteroatoms. The third-order valence-corrected chi connectivity index (χ3v) is 19.8. The standard InChI is InChI=1S/C26H18ClF2N3O5S.C17H20N2O2Si.C14H12N2O2.C12H11BrN2O2.C5H10Si.C4H3BrN2O.4CH4/c1-37-19-5-2-15(3-6-19)13-31-14-30-12-20(26(31)34)23-9-16-8-17(27)4-7-22(16)32(23)38(35,36)24-11-18(28)10-21(29)25(24)33;1-21-16-7-5-14(6-8-16)12-19-13-18-11-15(17(19)20)9-10-22(2,3)4;1-3-12-8-15-10-16(14(12)17)9-11-4-6-13(18-2)7-5-11;1-17-10-4-2-9(3-5-10)7-15-8-14-6-11(13)12(15)16;1-5-6(2,3)4;5-3-1-6-2-7-4(3)8;;;;/h2-12,14,33H,13H2,1H3;5-8,11,13H,12H2,1-4H3;1,4-8,10H,9H2,2H3;2-6,8H,7H2,1H3;1H,2-4H3;1-2H,(H,6,7,8);4*1H4. The predicted octanol–water partition coefficient (Wildman–Crippen LogP) is 15.2. The summed E-state index contributed by atoms with van der Waals surface area (Å²) in [5, 5.41) is 10.8. The van der Waals surface area contributed by atoms with Gasteiger partial charge in [0.05, 0.1) is 103 Å². The molecule has 0 saturated heterocycles. The van der Waals surface area contributed by atoms with Crippen LogP contribution >= 0.6 is 43.5 Å². The van der Waals surface area contributed by atoms with E-state index in [-0.39, 0.29) is 80.8 Å². The molecule has 113 heavy (non-hydrogen) atoms. The highest BCUT2D eigenvalue weighted by atomic mass is 79.9. The lowest BCUT2D eigenvalue weighted by molar-refractivity contribution is 0.411. The predicted molar refractivity (Wildman–Crippen MR) is 456 cm³/mol. The largest absolute Gasteiger partial charge is 0.504 e. The summed E-state index contributed by atoms with van der Waals surface area (Å²) in [6.45, 7) is 14.4. The van der Waals surface area contributed by atoms with Gasteiger partial charge >= 0.3 is 0 Å². The molecule has 6 aromatic heterocycles. The summed E-state index contributed by atoms with van der Waals surface area (Å²) in [5.74, 6) is 4.42. The second-order valence-electron chi connectivity index (χ2n) is 25.3.